The van der Waals surface area contributed by atoms with Gasteiger partial charge in [-0.05, 0) is 24.3 Å². The second-order valence-electron chi connectivity index (χ2n) is 6.90. The molecule has 1 heterocycles. The molecule has 1 aliphatic heterocycles. The number of benzene rings is 1. The SMILES string of the molecule is CC1COc2ccccc2C1NC1CCCC1(C)C. The van der Waals surface area contributed by atoms with E-state index < -0.39 is 0 Å². The highest BCUT2D eigenvalue weighted by Gasteiger charge is 2.38. The van der Waals surface area contributed by atoms with E-state index in [0.29, 0.717) is 23.4 Å². The van der Waals surface area contributed by atoms with E-state index in [2.05, 4.69) is 50.4 Å². The maximum absolute atomic E-state index is 5.84. The third-order valence-electron chi connectivity index (χ3n) is 4.96. The molecule has 2 aliphatic rings. The van der Waals surface area contributed by atoms with Gasteiger partial charge >= 0.3 is 0 Å². The van der Waals surface area contributed by atoms with Crippen LogP contribution in [0.3, 0.4) is 0 Å². The van der Waals surface area contributed by atoms with E-state index in [1.165, 1.54) is 24.8 Å². The third kappa shape index (κ3) is 2.38. The fourth-order valence-corrected chi connectivity index (χ4v) is 3.60. The van der Waals surface area contributed by atoms with Gasteiger partial charge in [-0.1, -0.05) is 45.4 Å². The highest BCUT2D eigenvalue weighted by molar-refractivity contribution is 5.38. The molecule has 3 rings (SSSR count). The summed E-state index contributed by atoms with van der Waals surface area (Å²) in [6.07, 6.45) is 3.99. The molecule has 3 atom stereocenters. The lowest BCUT2D eigenvalue weighted by Crippen LogP contribution is -2.44. The van der Waals surface area contributed by atoms with Crippen LogP contribution in [-0.4, -0.2) is 12.6 Å². The number of rotatable bonds is 2. The van der Waals surface area contributed by atoms with Crippen molar-refractivity contribution in [2.45, 2.75) is 52.1 Å². The Morgan fingerprint density at radius 3 is 2.79 bits per heavy atom. The molecule has 0 radical (unpaired) electrons. The molecule has 1 fully saturated rings. The lowest BCUT2D eigenvalue weighted by Gasteiger charge is -2.38. The fraction of sp³-hybridized carbons (Fsp3) is 0.647. The average molecular weight is 259 g/mol. The van der Waals surface area contributed by atoms with Crippen LogP contribution in [-0.2, 0) is 0 Å². The monoisotopic (exact) mass is 259 g/mol. The van der Waals surface area contributed by atoms with Crippen LogP contribution < -0.4 is 10.1 Å². The van der Waals surface area contributed by atoms with Crippen molar-refractivity contribution in [2.24, 2.45) is 11.3 Å². The summed E-state index contributed by atoms with van der Waals surface area (Å²) in [7, 11) is 0. The number of hydrogen-bond acceptors (Lipinski definition) is 2. The number of para-hydroxylation sites is 1. The summed E-state index contributed by atoms with van der Waals surface area (Å²) in [6.45, 7) is 7.90. The number of fused-ring (bicyclic) bond motifs is 1. The van der Waals surface area contributed by atoms with E-state index >= 15 is 0 Å². The second-order valence-corrected chi connectivity index (χ2v) is 6.90. The van der Waals surface area contributed by atoms with E-state index in [1.54, 1.807) is 0 Å². The molecule has 0 aromatic heterocycles. The van der Waals surface area contributed by atoms with Crippen molar-refractivity contribution in [1.82, 2.24) is 5.32 Å². The van der Waals surface area contributed by atoms with Crippen LogP contribution in [0, 0.1) is 11.3 Å². The molecule has 104 valence electrons. The van der Waals surface area contributed by atoms with Crippen LogP contribution in [0.1, 0.15) is 51.6 Å². The first-order valence-electron chi connectivity index (χ1n) is 7.56. The van der Waals surface area contributed by atoms with E-state index in [0.717, 1.165) is 12.4 Å². The molecule has 0 amide bonds. The van der Waals surface area contributed by atoms with Gasteiger partial charge < -0.3 is 10.1 Å². The molecule has 1 saturated carbocycles. The van der Waals surface area contributed by atoms with Crippen LogP contribution >= 0.6 is 0 Å². The smallest absolute Gasteiger partial charge is 0.124 e. The van der Waals surface area contributed by atoms with Gasteiger partial charge in [-0.3, -0.25) is 0 Å². The van der Waals surface area contributed by atoms with Crippen LogP contribution in [0.15, 0.2) is 24.3 Å². The Balaban J connectivity index is 1.84. The molecule has 0 spiro atoms. The van der Waals surface area contributed by atoms with Crippen molar-refractivity contribution in [1.29, 1.82) is 0 Å². The predicted molar refractivity (Wildman–Crippen MR) is 78.4 cm³/mol. The van der Waals surface area contributed by atoms with Crippen molar-refractivity contribution in [2.75, 3.05) is 6.61 Å². The third-order valence-corrected chi connectivity index (χ3v) is 4.96. The minimum absolute atomic E-state index is 0.424. The Hall–Kier alpha value is -1.02. The van der Waals surface area contributed by atoms with Crippen molar-refractivity contribution in [3.63, 3.8) is 0 Å². The second kappa shape index (κ2) is 4.82. The van der Waals surface area contributed by atoms with Gasteiger partial charge in [0.05, 0.1) is 6.61 Å². The number of ether oxygens (including phenoxy) is 1. The van der Waals surface area contributed by atoms with Crippen molar-refractivity contribution in [3.8, 4) is 5.75 Å². The Morgan fingerprint density at radius 1 is 1.26 bits per heavy atom. The summed E-state index contributed by atoms with van der Waals surface area (Å²) < 4.78 is 5.84. The van der Waals surface area contributed by atoms with Gasteiger partial charge in [0.2, 0.25) is 0 Å². The molecule has 2 nitrogen and oxygen atoms in total. The average Bonchev–Trinajstić information content (AvgIpc) is 2.72. The lowest BCUT2D eigenvalue weighted by atomic mass is 9.84. The first-order valence-corrected chi connectivity index (χ1v) is 7.56. The highest BCUT2D eigenvalue weighted by atomic mass is 16.5. The maximum atomic E-state index is 5.84. The van der Waals surface area contributed by atoms with E-state index in [1.807, 2.05) is 0 Å². The van der Waals surface area contributed by atoms with Crippen molar-refractivity contribution < 1.29 is 4.74 Å². The number of nitrogens with one attached hydrogen (secondary N) is 1. The molecule has 1 aliphatic carbocycles. The summed E-state index contributed by atoms with van der Waals surface area (Å²) in [5, 5.41) is 3.93. The lowest BCUT2D eigenvalue weighted by molar-refractivity contribution is 0.160. The van der Waals surface area contributed by atoms with Gasteiger partial charge in [-0.25, -0.2) is 0 Å². The minimum atomic E-state index is 0.424. The molecular weight excluding hydrogens is 234 g/mol. The summed E-state index contributed by atoms with van der Waals surface area (Å²) in [5.41, 5.74) is 1.76. The van der Waals surface area contributed by atoms with Crippen molar-refractivity contribution >= 4 is 0 Å². The Morgan fingerprint density at radius 2 is 2.05 bits per heavy atom. The van der Waals surface area contributed by atoms with Crippen LogP contribution in [0.5, 0.6) is 5.75 Å². The molecule has 3 unspecified atom stereocenters. The van der Waals surface area contributed by atoms with Gasteiger partial charge in [0.15, 0.2) is 0 Å². The van der Waals surface area contributed by atoms with Gasteiger partial charge in [-0.2, -0.15) is 0 Å². The maximum Gasteiger partial charge on any atom is 0.124 e. The molecule has 1 aromatic rings. The zero-order chi connectivity index (χ0) is 13.5. The first kappa shape index (κ1) is 13.0. The Labute approximate surface area is 116 Å². The molecule has 19 heavy (non-hydrogen) atoms. The number of hydrogen-bond donors (Lipinski definition) is 1. The zero-order valence-electron chi connectivity index (χ0n) is 12.3. The van der Waals surface area contributed by atoms with Gasteiger partial charge in [0.25, 0.3) is 0 Å². The van der Waals surface area contributed by atoms with E-state index in [9.17, 15) is 0 Å². The molecule has 0 bridgehead atoms. The molecule has 0 saturated heterocycles. The normalized spacial score (nSPS) is 32.7. The summed E-state index contributed by atoms with van der Waals surface area (Å²) in [5.74, 6) is 1.60. The van der Waals surface area contributed by atoms with Crippen molar-refractivity contribution in [3.05, 3.63) is 29.8 Å². The summed E-state index contributed by atoms with van der Waals surface area (Å²) >= 11 is 0. The van der Waals surface area contributed by atoms with Crippen LogP contribution in [0.25, 0.3) is 0 Å². The fourth-order valence-electron chi connectivity index (χ4n) is 3.60. The van der Waals surface area contributed by atoms with Gasteiger partial charge in [0.1, 0.15) is 5.75 Å². The Kier molecular flexibility index (Phi) is 3.30. The Bertz CT molecular complexity index is 454. The van der Waals surface area contributed by atoms with E-state index in [4.69, 9.17) is 4.74 Å². The molecule has 1 aromatic carbocycles. The van der Waals surface area contributed by atoms with Crippen LogP contribution in [0.4, 0.5) is 0 Å². The summed E-state index contributed by atoms with van der Waals surface area (Å²) in [6, 6.07) is 9.55. The van der Waals surface area contributed by atoms with E-state index in [-0.39, 0.29) is 0 Å². The van der Waals surface area contributed by atoms with Crippen LogP contribution in [0.2, 0.25) is 0 Å². The minimum Gasteiger partial charge on any atom is -0.493 e. The highest BCUT2D eigenvalue weighted by Crippen LogP contribution is 2.41. The molecule has 2 heteroatoms. The standard InChI is InChI=1S/C17H25NO/c1-12-11-19-14-8-5-4-7-13(14)16(12)18-15-9-6-10-17(15,2)3/h4-5,7-8,12,15-16,18H,6,9-11H2,1-3H3. The van der Waals surface area contributed by atoms with Gasteiger partial charge in [0, 0.05) is 23.6 Å². The molecule has 1 N–H and O–H groups in total. The van der Waals surface area contributed by atoms with Gasteiger partial charge in [-0.15, -0.1) is 0 Å². The largest absolute Gasteiger partial charge is 0.493 e. The quantitative estimate of drug-likeness (QED) is 0.869. The zero-order valence-corrected chi connectivity index (χ0v) is 12.3. The summed E-state index contributed by atoms with van der Waals surface area (Å²) in [4.78, 5) is 0. The molecular formula is C17H25NO. The first-order chi connectivity index (χ1) is 9.08. The predicted octanol–water partition coefficient (Wildman–Crippen LogP) is 3.92. The topological polar surface area (TPSA) is 21.3 Å².